The van der Waals surface area contributed by atoms with E-state index in [0.29, 0.717) is 6.54 Å². The number of nitrogens with one attached hydrogen (secondary N) is 1. The highest BCUT2D eigenvalue weighted by Crippen LogP contribution is 2.08. The number of ether oxygens (including phenoxy) is 2. The number of alkyl carbamates (subject to hydrolysis) is 1. The average Bonchev–Trinajstić information content (AvgIpc) is 2.06. The second-order valence-corrected chi connectivity index (χ2v) is 6.10. The summed E-state index contributed by atoms with van der Waals surface area (Å²) in [5, 5.41) is 2.72. The molecule has 0 rings (SSSR count). The molecule has 0 aromatic heterocycles. The summed E-state index contributed by atoms with van der Waals surface area (Å²) in [5.41, 5.74) is -0.516. The van der Waals surface area contributed by atoms with Crippen LogP contribution in [0, 0.1) is 0 Å². The summed E-state index contributed by atoms with van der Waals surface area (Å²) >= 11 is 0. The molecule has 0 unspecified atom stereocenters. The molecule has 0 aliphatic carbocycles. The first-order chi connectivity index (χ1) is 7.60. The zero-order chi connectivity index (χ0) is 13.5. The number of unbranched alkanes of at least 4 members (excludes halogenated alkanes) is 1. The van der Waals surface area contributed by atoms with Crippen molar-refractivity contribution in [1.82, 2.24) is 5.32 Å². The monoisotopic (exact) mass is 245 g/mol. The molecule has 4 nitrogen and oxygen atoms in total. The smallest absolute Gasteiger partial charge is 0.407 e. The van der Waals surface area contributed by atoms with Crippen molar-refractivity contribution in [1.29, 1.82) is 0 Å². The summed E-state index contributed by atoms with van der Waals surface area (Å²) in [6.45, 7) is 13.0. The lowest BCUT2D eigenvalue weighted by Crippen LogP contribution is -2.33. The molecule has 17 heavy (non-hydrogen) atoms. The highest BCUT2D eigenvalue weighted by atomic mass is 16.6. The van der Waals surface area contributed by atoms with Crippen LogP contribution in [0.25, 0.3) is 0 Å². The van der Waals surface area contributed by atoms with Gasteiger partial charge in [0.2, 0.25) is 0 Å². The molecule has 1 N–H and O–H groups in total. The predicted molar refractivity (Wildman–Crippen MR) is 69.2 cm³/mol. The molecule has 0 aromatic carbocycles. The van der Waals surface area contributed by atoms with Gasteiger partial charge in [0.15, 0.2) is 0 Å². The van der Waals surface area contributed by atoms with Crippen molar-refractivity contribution in [3.8, 4) is 0 Å². The molecule has 0 fully saturated rings. The molecule has 0 atom stereocenters. The van der Waals surface area contributed by atoms with Gasteiger partial charge in [-0.25, -0.2) is 4.79 Å². The molecule has 0 spiro atoms. The first-order valence-corrected chi connectivity index (χ1v) is 6.21. The van der Waals surface area contributed by atoms with Crippen molar-refractivity contribution < 1.29 is 14.3 Å². The van der Waals surface area contributed by atoms with E-state index < -0.39 is 5.60 Å². The number of hydrogen-bond acceptors (Lipinski definition) is 3. The lowest BCUT2D eigenvalue weighted by Gasteiger charge is -2.20. The molecule has 0 radical (unpaired) electrons. The van der Waals surface area contributed by atoms with Crippen LogP contribution < -0.4 is 5.32 Å². The maximum absolute atomic E-state index is 11.3. The number of carbonyl (C=O) groups is 1. The quantitative estimate of drug-likeness (QED) is 0.757. The van der Waals surface area contributed by atoms with Gasteiger partial charge in [-0.1, -0.05) is 0 Å². The highest BCUT2D eigenvalue weighted by Gasteiger charge is 2.15. The Hall–Kier alpha value is -0.770. The van der Waals surface area contributed by atoms with Gasteiger partial charge < -0.3 is 14.8 Å². The Balaban J connectivity index is 3.44. The molecular weight excluding hydrogens is 218 g/mol. The zero-order valence-corrected chi connectivity index (χ0v) is 12.1. The van der Waals surface area contributed by atoms with E-state index in [1.807, 2.05) is 41.5 Å². The van der Waals surface area contributed by atoms with Crippen LogP contribution in [-0.2, 0) is 9.47 Å². The molecule has 4 heteroatoms. The Morgan fingerprint density at radius 3 is 2.06 bits per heavy atom. The minimum Gasteiger partial charge on any atom is -0.444 e. The summed E-state index contributed by atoms with van der Waals surface area (Å²) in [6, 6.07) is 0. The fraction of sp³-hybridized carbons (Fsp3) is 0.923. The molecule has 0 aliphatic heterocycles. The Bertz CT molecular complexity index is 226. The lowest BCUT2D eigenvalue weighted by molar-refractivity contribution is -0.00471. The number of amides is 1. The zero-order valence-electron chi connectivity index (χ0n) is 12.1. The van der Waals surface area contributed by atoms with Gasteiger partial charge in [-0.15, -0.1) is 0 Å². The Kier molecular flexibility index (Phi) is 6.53. The van der Waals surface area contributed by atoms with Crippen LogP contribution in [0.1, 0.15) is 54.4 Å². The average molecular weight is 245 g/mol. The van der Waals surface area contributed by atoms with Crippen LogP contribution in [-0.4, -0.2) is 30.4 Å². The van der Waals surface area contributed by atoms with Gasteiger partial charge in [0.1, 0.15) is 5.60 Å². The van der Waals surface area contributed by atoms with Gasteiger partial charge in [-0.05, 0) is 54.4 Å². The fourth-order valence-corrected chi connectivity index (χ4v) is 1.11. The van der Waals surface area contributed by atoms with Crippen LogP contribution in [0.5, 0.6) is 0 Å². The van der Waals surface area contributed by atoms with Crippen molar-refractivity contribution >= 4 is 6.09 Å². The Labute approximate surface area is 105 Å². The molecule has 0 bridgehead atoms. The summed E-state index contributed by atoms with van der Waals surface area (Å²) in [7, 11) is 0. The highest BCUT2D eigenvalue weighted by molar-refractivity contribution is 5.67. The van der Waals surface area contributed by atoms with E-state index in [2.05, 4.69) is 5.32 Å². The number of hydrogen-bond donors (Lipinski definition) is 1. The lowest BCUT2D eigenvalue weighted by atomic mass is 10.2. The van der Waals surface area contributed by atoms with Crippen LogP contribution >= 0.6 is 0 Å². The SMILES string of the molecule is CC(C)(C)OCCCCNC(=O)OC(C)(C)C. The van der Waals surface area contributed by atoms with Crippen molar-refractivity contribution in [3.63, 3.8) is 0 Å². The molecule has 0 aliphatic rings. The standard InChI is InChI=1S/C13H27NO3/c1-12(2,3)16-10-8-7-9-14-11(15)17-13(4,5)6/h7-10H2,1-6H3,(H,14,15). The van der Waals surface area contributed by atoms with Crippen LogP contribution in [0.3, 0.4) is 0 Å². The van der Waals surface area contributed by atoms with Gasteiger partial charge in [-0.2, -0.15) is 0 Å². The third-order valence-corrected chi connectivity index (χ3v) is 1.77. The van der Waals surface area contributed by atoms with E-state index in [9.17, 15) is 4.79 Å². The van der Waals surface area contributed by atoms with Crippen molar-refractivity contribution in [2.24, 2.45) is 0 Å². The summed E-state index contributed by atoms with van der Waals surface area (Å²) in [6.07, 6.45) is 1.48. The first kappa shape index (κ1) is 16.2. The Morgan fingerprint density at radius 2 is 1.59 bits per heavy atom. The van der Waals surface area contributed by atoms with Crippen LogP contribution in [0.15, 0.2) is 0 Å². The number of rotatable bonds is 5. The van der Waals surface area contributed by atoms with E-state index in [1.165, 1.54) is 0 Å². The molecule has 102 valence electrons. The second kappa shape index (κ2) is 6.84. The first-order valence-electron chi connectivity index (χ1n) is 6.21. The fourth-order valence-electron chi connectivity index (χ4n) is 1.11. The molecule has 0 saturated carbocycles. The largest absolute Gasteiger partial charge is 0.444 e. The molecule has 1 amide bonds. The maximum atomic E-state index is 11.3. The van der Waals surface area contributed by atoms with Crippen molar-refractivity contribution in [2.75, 3.05) is 13.2 Å². The van der Waals surface area contributed by atoms with Gasteiger partial charge in [-0.3, -0.25) is 0 Å². The van der Waals surface area contributed by atoms with E-state index in [1.54, 1.807) is 0 Å². The predicted octanol–water partition coefficient (Wildman–Crippen LogP) is 3.11. The van der Waals surface area contributed by atoms with Gasteiger partial charge in [0.25, 0.3) is 0 Å². The third-order valence-electron chi connectivity index (χ3n) is 1.77. The van der Waals surface area contributed by atoms with E-state index in [4.69, 9.17) is 9.47 Å². The number of carbonyl (C=O) groups excluding carboxylic acids is 1. The topological polar surface area (TPSA) is 47.6 Å². The maximum Gasteiger partial charge on any atom is 0.407 e. The summed E-state index contributed by atoms with van der Waals surface area (Å²) in [4.78, 5) is 11.3. The minimum atomic E-state index is -0.431. The second-order valence-electron chi connectivity index (χ2n) is 6.10. The summed E-state index contributed by atoms with van der Waals surface area (Å²) in [5.74, 6) is 0. The molecule has 0 heterocycles. The van der Waals surface area contributed by atoms with Gasteiger partial charge in [0, 0.05) is 13.2 Å². The van der Waals surface area contributed by atoms with E-state index in [0.717, 1.165) is 19.4 Å². The third kappa shape index (κ3) is 13.2. The summed E-state index contributed by atoms with van der Waals surface area (Å²) < 4.78 is 10.7. The van der Waals surface area contributed by atoms with Crippen LogP contribution in [0.4, 0.5) is 4.79 Å². The van der Waals surface area contributed by atoms with Crippen molar-refractivity contribution in [2.45, 2.75) is 65.6 Å². The van der Waals surface area contributed by atoms with Crippen molar-refractivity contribution in [3.05, 3.63) is 0 Å². The minimum absolute atomic E-state index is 0.0847. The molecular formula is C13H27NO3. The molecule has 0 saturated heterocycles. The van der Waals surface area contributed by atoms with Crippen LogP contribution in [0.2, 0.25) is 0 Å². The van der Waals surface area contributed by atoms with E-state index >= 15 is 0 Å². The van der Waals surface area contributed by atoms with Gasteiger partial charge >= 0.3 is 6.09 Å². The normalized spacial score (nSPS) is 12.4. The van der Waals surface area contributed by atoms with Gasteiger partial charge in [0.05, 0.1) is 5.60 Å². The molecule has 0 aromatic rings. The Morgan fingerprint density at radius 1 is 1.00 bits per heavy atom. The van der Waals surface area contributed by atoms with E-state index in [-0.39, 0.29) is 11.7 Å².